The Morgan fingerprint density at radius 1 is 1.07 bits per heavy atom. The molecule has 2 unspecified atom stereocenters. The molecule has 150 valence electrons. The number of aliphatic imine (C=N–C) groups is 1. The lowest BCUT2D eigenvalue weighted by Crippen LogP contribution is -2.70. The maximum absolute atomic E-state index is 12.0. The molecule has 29 heavy (non-hydrogen) atoms. The number of nitrogens with zero attached hydrogens (tertiary/aromatic N) is 1. The van der Waals surface area contributed by atoms with Crippen LogP contribution < -0.4 is 15.4 Å². The van der Waals surface area contributed by atoms with Crippen LogP contribution in [0.15, 0.2) is 65.7 Å². The summed E-state index contributed by atoms with van der Waals surface area (Å²) in [6.07, 6.45) is 1.07. The van der Waals surface area contributed by atoms with Crippen LogP contribution in [0.2, 0.25) is 0 Å². The van der Waals surface area contributed by atoms with Crippen LogP contribution in [0.1, 0.15) is 5.56 Å². The summed E-state index contributed by atoms with van der Waals surface area (Å²) in [4.78, 5) is 39.4. The van der Waals surface area contributed by atoms with Gasteiger partial charge in [-0.2, -0.15) is 0 Å². The molecule has 1 aliphatic heterocycles. The van der Waals surface area contributed by atoms with Crippen molar-refractivity contribution in [3.05, 3.63) is 66.2 Å². The SMILES string of the molecule is O=C(COc1ccccc1)NC1C(=O)NC1C/N=C\C(=O)OCc1ccccc1. The highest BCUT2D eigenvalue weighted by molar-refractivity contribution is 6.23. The lowest BCUT2D eigenvalue weighted by atomic mass is 9.99. The Bertz CT molecular complexity index is 870. The van der Waals surface area contributed by atoms with Crippen LogP contribution in [-0.2, 0) is 25.7 Å². The van der Waals surface area contributed by atoms with Crippen LogP contribution in [0.25, 0.3) is 0 Å². The first-order valence-electron chi connectivity index (χ1n) is 9.10. The highest BCUT2D eigenvalue weighted by Gasteiger charge is 2.40. The number of nitrogens with one attached hydrogen (secondary N) is 2. The van der Waals surface area contributed by atoms with E-state index < -0.39 is 17.9 Å². The fourth-order valence-corrected chi connectivity index (χ4v) is 2.65. The second-order valence-electron chi connectivity index (χ2n) is 6.35. The van der Waals surface area contributed by atoms with Gasteiger partial charge >= 0.3 is 5.97 Å². The molecule has 2 N–H and O–H groups in total. The topological polar surface area (TPSA) is 106 Å². The van der Waals surface area contributed by atoms with Crippen molar-refractivity contribution >= 4 is 24.0 Å². The van der Waals surface area contributed by atoms with Crippen molar-refractivity contribution in [2.45, 2.75) is 18.7 Å². The molecule has 1 saturated heterocycles. The molecule has 0 aliphatic carbocycles. The van der Waals surface area contributed by atoms with E-state index in [1.807, 2.05) is 36.4 Å². The van der Waals surface area contributed by atoms with Crippen LogP contribution >= 0.6 is 0 Å². The number of amides is 2. The molecule has 2 atom stereocenters. The van der Waals surface area contributed by atoms with Gasteiger partial charge in [0.05, 0.1) is 12.6 Å². The third-order valence-electron chi connectivity index (χ3n) is 4.16. The summed E-state index contributed by atoms with van der Waals surface area (Å²) in [5.74, 6) is -0.720. The largest absolute Gasteiger partial charge is 0.484 e. The molecular formula is C21H21N3O5. The standard InChI is InChI=1S/C21H21N3O5/c25-18(14-28-16-9-5-2-6-10-16)24-20-17(23-21(20)27)11-22-12-19(26)29-13-15-7-3-1-4-8-15/h1-10,12,17,20H,11,13-14H2,(H,23,27)(H,24,25)/b22-12-. The van der Waals surface area contributed by atoms with Gasteiger partial charge in [-0.25, -0.2) is 4.79 Å². The van der Waals surface area contributed by atoms with E-state index in [4.69, 9.17) is 9.47 Å². The number of esters is 1. The minimum Gasteiger partial charge on any atom is -0.484 e. The third-order valence-corrected chi connectivity index (χ3v) is 4.16. The number of β-lactam (4-membered cyclic amide) rings is 1. The molecule has 2 aromatic carbocycles. The van der Waals surface area contributed by atoms with Gasteiger partial charge in [-0.1, -0.05) is 48.5 Å². The maximum Gasteiger partial charge on any atom is 0.349 e. The Balaban J connectivity index is 1.38. The van der Waals surface area contributed by atoms with Gasteiger partial charge in [0.25, 0.3) is 5.91 Å². The van der Waals surface area contributed by atoms with E-state index in [0.717, 1.165) is 11.8 Å². The molecule has 0 radical (unpaired) electrons. The second-order valence-corrected chi connectivity index (χ2v) is 6.35. The van der Waals surface area contributed by atoms with Gasteiger partial charge in [0.2, 0.25) is 5.91 Å². The van der Waals surface area contributed by atoms with Crippen LogP contribution in [0, 0.1) is 0 Å². The van der Waals surface area contributed by atoms with Crippen molar-refractivity contribution < 1.29 is 23.9 Å². The van der Waals surface area contributed by atoms with Gasteiger partial charge < -0.3 is 20.1 Å². The van der Waals surface area contributed by atoms with Crippen molar-refractivity contribution in [2.24, 2.45) is 4.99 Å². The molecular weight excluding hydrogens is 374 g/mol. The van der Waals surface area contributed by atoms with Crippen molar-refractivity contribution in [3.8, 4) is 5.75 Å². The molecule has 0 spiro atoms. The Morgan fingerprint density at radius 2 is 1.76 bits per heavy atom. The summed E-state index contributed by atoms with van der Waals surface area (Å²) >= 11 is 0. The summed E-state index contributed by atoms with van der Waals surface area (Å²) in [5, 5.41) is 5.25. The summed E-state index contributed by atoms with van der Waals surface area (Å²) in [5.41, 5.74) is 0.876. The van der Waals surface area contributed by atoms with Gasteiger partial charge in [0, 0.05) is 0 Å². The zero-order valence-corrected chi connectivity index (χ0v) is 15.6. The summed E-state index contributed by atoms with van der Waals surface area (Å²) in [7, 11) is 0. The molecule has 3 rings (SSSR count). The van der Waals surface area contributed by atoms with Gasteiger partial charge in [0.1, 0.15) is 24.6 Å². The zero-order chi connectivity index (χ0) is 20.5. The number of carbonyl (C=O) groups is 3. The quantitative estimate of drug-likeness (QED) is 0.372. The van der Waals surface area contributed by atoms with E-state index in [-0.39, 0.29) is 31.7 Å². The smallest absolute Gasteiger partial charge is 0.349 e. The first kappa shape index (κ1) is 20.1. The minimum atomic E-state index is -0.709. The van der Waals surface area contributed by atoms with E-state index in [1.54, 1.807) is 24.3 Å². The molecule has 0 bridgehead atoms. The maximum atomic E-state index is 12.0. The highest BCUT2D eigenvalue weighted by atomic mass is 16.5. The number of ether oxygens (including phenoxy) is 2. The summed E-state index contributed by atoms with van der Waals surface area (Å²) in [6, 6.07) is 17.1. The van der Waals surface area contributed by atoms with Gasteiger partial charge in [0.15, 0.2) is 6.61 Å². The van der Waals surface area contributed by atoms with Crippen LogP contribution in [-0.4, -0.2) is 49.2 Å². The lowest BCUT2D eigenvalue weighted by Gasteiger charge is -2.36. The molecule has 1 aliphatic rings. The van der Waals surface area contributed by atoms with E-state index in [2.05, 4.69) is 15.6 Å². The minimum absolute atomic E-state index is 0.149. The Labute approximate surface area is 167 Å². The molecule has 1 heterocycles. The first-order chi connectivity index (χ1) is 14.1. The number of rotatable bonds is 9. The predicted octanol–water partition coefficient (Wildman–Crippen LogP) is 0.863. The molecule has 0 aromatic heterocycles. The normalized spacial score (nSPS) is 17.9. The molecule has 1 fully saturated rings. The number of para-hydroxylation sites is 1. The monoisotopic (exact) mass is 395 g/mol. The van der Waals surface area contributed by atoms with Crippen molar-refractivity contribution in [1.82, 2.24) is 10.6 Å². The molecule has 0 saturated carbocycles. The van der Waals surface area contributed by atoms with Gasteiger partial charge in [-0.05, 0) is 17.7 Å². The van der Waals surface area contributed by atoms with Crippen molar-refractivity contribution in [3.63, 3.8) is 0 Å². The van der Waals surface area contributed by atoms with E-state index in [9.17, 15) is 14.4 Å². The third kappa shape index (κ3) is 6.17. The first-order valence-corrected chi connectivity index (χ1v) is 9.10. The number of carbonyl (C=O) groups excluding carboxylic acids is 3. The van der Waals surface area contributed by atoms with E-state index >= 15 is 0 Å². The number of benzene rings is 2. The van der Waals surface area contributed by atoms with Crippen molar-refractivity contribution in [1.29, 1.82) is 0 Å². The van der Waals surface area contributed by atoms with Crippen molar-refractivity contribution in [2.75, 3.05) is 13.2 Å². The fraction of sp³-hybridized carbons (Fsp3) is 0.238. The van der Waals surface area contributed by atoms with Gasteiger partial charge in [-0.15, -0.1) is 0 Å². The average molecular weight is 395 g/mol. The highest BCUT2D eigenvalue weighted by Crippen LogP contribution is 2.09. The fourth-order valence-electron chi connectivity index (χ4n) is 2.65. The lowest BCUT2D eigenvalue weighted by molar-refractivity contribution is -0.136. The average Bonchev–Trinajstić information content (AvgIpc) is 2.75. The Morgan fingerprint density at radius 3 is 2.45 bits per heavy atom. The summed E-state index contributed by atoms with van der Waals surface area (Å²) < 4.78 is 10.4. The van der Waals surface area contributed by atoms with E-state index in [1.165, 1.54) is 0 Å². The van der Waals surface area contributed by atoms with E-state index in [0.29, 0.717) is 5.75 Å². The van der Waals surface area contributed by atoms with Crippen LogP contribution in [0.5, 0.6) is 5.75 Å². The van der Waals surface area contributed by atoms with Gasteiger partial charge in [-0.3, -0.25) is 14.6 Å². The molecule has 8 heteroatoms. The number of hydrogen-bond donors (Lipinski definition) is 2. The van der Waals surface area contributed by atoms with Crippen LogP contribution in [0.3, 0.4) is 0 Å². The zero-order valence-electron chi connectivity index (χ0n) is 15.6. The molecule has 8 nitrogen and oxygen atoms in total. The molecule has 2 amide bonds. The molecule has 2 aromatic rings. The number of hydrogen-bond acceptors (Lipinski definition) is 6. The van der Waals surface area contributed by atoms with Crippen LogP contribution in [0.4, 0.5) is 0 Å². The Hall–Kier alpha value is -3.68. The summed E-state index contributed by atoms with van der Waals surface area (Å²) in [6.45, 7) is 0.109. The predicted molar refractivity (Wildman–Crippen MR) is 105 cm³/mol. The Kier molecular flexibility index (Phi) is 6.94. The second kappa shape index (κ2) is 10.0.